The summed E-state index contributed by atoms with van der Waals surface area (Å²) >= 11 is 0. The fourth-order valence-corrected chi connectivity index (χ4v) is 7.10. The standard InChI is InChI=1S/C29H30N4O6S/c34-28-3-1-2-24-20-12-18(16-33(24)28)15-32(17-20)25-8-4-19(29(35)30-21-5-6-21)13-23(25)31-40(36,37)22-7-9-26-27(14-22)39-11-10-38-26/h1-4,7-9,13-14,18,20-21,31H,5-6,10-12,15-17H2,(H,30,35)/t18-,20+/m1/s1. The first-order chi connectivity index (χ1) is 19.3. The van der Waals surface area contributed by atoms with E-state index in [1.54, 1.807) is 30.3 Å². The number of anilines is 2. The second-order valence-electron chi connectivity index (χ2n) is 11.0. The van der Waals surface area contributed by atoms with Crippen molar-refractivity contribution in [3.63, 3.8) is 0 Å². The van der Waals surface area contributed by atoms with Crippen LogP contribution in [0.25, 0.3) is 0 Å². The molecule has 2 bridgehead atoms. The maximum atomic E-state index is 13.6. The SMILES string of the molecule is O=C(NC1CC1)c1ccc(N2C[C@H]3C[C@@H](C2)c2cccc(=O)n2C3)c(NS(=O)(=O)c2ccc3c(c2)OCCO3)c1. The Morgan fingerprint density at radius 1 is 0.925 bits per heavy atom. The van der Waals surface area contributed by atoms with Crippen molar-refractivity contribution >= 4 is 27.3 Å². The maximum absolute atomic E-state index is 13.6. The van der Waals surface area contributed by atoms with E-state index in [1.807, 2.05) is 16.7 Å². The highest BCUT2D eigenvalue weighted by atomic mass is 32.2. The number of nitrogens with one attached hydrogen (secondary N) is 2. The maximum Gasteiger partial charge on any atom is 0.262 e. The van der Waals surface area contributed by atoms with Gasteiger partial charge in [0.1, 0.15) is 13.2 Å². The second-order valence-corrected chi connectivity index (χ2v) is 12.7. The second kappa shape index (κ2) is 9.58. The van der Waals surface area contributed by atoms with Gasteiger partial charge in [0.15, 0.2) is 11.5 Å². The number of rotatable bonds is 6. The minimum Gasteiger partial charge on any atom is -0.486 e. The molecule has 7 rings (SSSR count). The summed E-state index contributed by atoms with van der Waals surface area (Å²) in [5, 5.41) is 2.98. The molecule has 0 unspecified atom stereocenters. The Hall–Kier alpha value is -3.99. The summed E-state index contributed by atoms with van der Waals surface area (Å²) in [5.74, 6) is 1.04. The van der Waals surface area contributed by atoms with Gasteiger partial charge in [-0.2, -0.15) is 0 Å². The zero-order valence-corrected chi connectivity index (χ0v) is 22.7. The van der Waals surface area contributed by atoms with Gasteiger partial charge in [-0.3, -0.25) is 14.3 Å². The Labute approximate surface area is 232 Å². The van der Waals surface area contributed by atoms with Crippen LogP contribution in [0.15, 0.2) is 64.3 Å². The van der Waals surface area contributed by atoms with Gasteiger partial charge in [-0.1, -0.05) is 6.07 Å². The van der Waals surface area contributed by atoms with E-state index in [2.05, 4.69) is 14.9 Å². The highest BCUT2D eigenvalue weighted by molar-refractivity contribution is 7.92. The number of ether oxygens (including phenoxy) is 2. The van der Waals surface area contributed by atoms with Crippen molar-refractivity contribution < 1.29 is 22.7 Å². The van der Waals surface area contributed by atoms with Crippen LogP contribution in [0.2, 0.25) is 0 Å². The Balaban J connectivity index is 1.23. The monoisotopic (exact) mass is 562 g/mol. The smallest absolute Gasteiger partial charge is 0.262 e. The molecule has 10 nitrogen and oxygen atoms in total. The van der Waals surface area contributed by atoms with Gasteiger partial charge in [-0.05, 0) is 61.6 Å². The zero-order valence-electron chi connectivity index (χ0n) is 21.8. The first-order valence-corrected chi connectivity index (χ1v) is 15.1. The van der Waals surface area contributed by atoms with E-state index in [9.17, 15) is 18.0 Å². The molecule has 2 fully saturated rings. The first kappa shape index (κ1) is 25.0. The lowest BCUT2D eigenvalue weighted by molar-refractivity contribution is 0.0951. The Bertz CT molecular complexity index is 1670. The molecule has 3 aliphatic heterocycles. The Morgan fingerprint density at radius 2 is 1.75 bits per heavy atom. The predicted octanol–water partition coefficient (Wildman–Crippen LogP) is 2.94. The van der Waals surface area contributed by atoms with Crippen molar-refractivity contribution in [2.24, 2.45) is 5.92 Å². The largest absolute Gasteiger partial charge is 0.486 e. The molecule has 11 heteroatoms. The van der Waals surface area contributed by atoms with Gasteiger partial charge in [0.05, 0.1) is 16.3 Å². The molecule has 1 saturated carbocycles. The quantitative estimate of drug-likeness (QED) is 0.474. The topological polar surface area (TPSA) is 119 Å². The number of benzene rings is 2. The van der Waals surface area contributed by atoms with E-state index in [0.29, 0.717) is 61.3 Å². The summed E-state index contributed by atoms with van der Waals surface area (Å²) < 4.78 is 43.0. The van der Waals surface area contributed by atoms with Crippen molar-refractivity contribution in [2.45, 2.75) is 42.7 Å². The molecule has 40 heavy (non-hydrogen) atoms. The number of fused-ring (bicyclic) bond motifs is 5. The molecule has 0 spiro atoms. The van der Waals surface area contributed by atoms with E-state index < -0.39 is 10.0 Å². The molecule has 4 aliphatic rings. The average molecular weight is 563 g/mol. The summed E-state index contributed by atoms with van der Waals surface area (Å²) in [4.78, 5) is 27.6. The van der Waals surface area contributed by atoms with Gasteiger partial charge < -0.3 is 24.3 Å². The number of sulfonamides is 1. The summed E-state index contributed by atoms with van der Waals surface area (Å²) in [5.41, 5.74) is 2.45. The highest BCUT2D eigenvalue weighted by Crippen LogP contribution is 2.40. The number of nitrogens with zero attached hydrogens (tertiary/aromatic N) is 2. The molecule has 3 aromatic rings. The molecule has 1 aliphatic carbocycles. The lowest BCUT2D eigenvalue weighted by atomic mass is 9.83. The molecular formula is C29H30N4O6S. The van der Waals surface area contributed by atoms with E-state index in [-0.39, 0.29) is 34.2 Å². The van der Waals surface area contributed by atoms with Gasteiger partial charge in [0.2, 0.25) is 0 Å². The number of carbonyl (C=O) groups is 1. The van der Waals surface area contributed by atoms with E-state index in [4.69, 9.17) is 9.47 Å². The molecular weight excluding hydrogens is 532 g/mol. The summed E-state index contributed by atoms with van der Waals surface area (Å²) in [6, 6.07) is 15.3. The number of aromatic nitrogens is 1. The molecule has 2 N–H and O–H groups in total. The van der Waals surface area contributed by atoms with E-state index in [1.165, 1.54) is 12.1 Å². The van der Waals surface area contributed by atoms with Crippen LogP contribution in [-0.2, 0) is 16.6 Å². The lowest BCUT2D eigenvalue weighted by Crippen LogP contribution is -2.47. The van der Waals surface area contributed by atoms with Crippen molar-refractivity contribution in [3.05, 3.63) is 76.2 Å². The summed E-state index contributed by atoms with van der Waals surface area (Å²) in [7, 11) is -4.02. The molecule has 0 radical (unpaired) electrons. The number of hydrogen-bond acceptors (Lipinski definition) is 7. The average Bonchev–Trinajstić information content (AvgIpc) is 3.77. The summed E-state index contributed by atoms with van der Waals surface area (Å²) in [6.07, 6.45) is 2.88. The number of carbonyl (C=O) groups excluding carboxylic acids is 1. The van der Waals surface area contributed by atoms with Crippen LogP contribution < -0.4 is 30.0 Å². The molecule has 208 valence electrons. The minimum absolute atomic E-state index is 0.0135. The van der Waals surface area contributed by atoms with Gasteiger partial charge in [-0.15, -0.1) is 0 Å². The lowest BCUT2D eigenvalue weighted by Gasteiger charge is -2.44. The third kappa shape index (κ3) is 4.68. The molecule has 1 aromatic heterocycles. The number of amides is 1. The van der Waals surface area contributed by atoms with Crippen LogP contribution >= 0.6 is 0 Å². The van der Waals surface area contributed by atoms with Crippen LogP contribution in [-0.4, -0.2) is 51.2 Å². The van der Waals surface area contributed by atoms with Crippen LogP contribution in [0.3, 0.4) is 0 Å². The van der Waals surface area contributed by atoms with Gasteiger partial charge in [0, 0.05) is 55.0 Å². The van der Waals surface area contributed by atoms with Gasteiger partial charge in [-0.25, -0.2) is 8.42 Å². The molecule has 1 amide bonds. The number of piperidine rings is 1. The first-order valence-electron chi connectivity index (χ1n) is 13.7. The fraction of sp³-hybridized carbons (Fsp3) is 0.379. The van der Waals surface area contributed by atoms with Crippen molar-refractivity contribution in [2.75, 3.05) is 35.9 Å². The van der Waals surface area contributed by atoms with Crippen molar-refractivity contribution in [1.29, 1.82) is 0 Å². The fourth-order valence-electron chi connectivity index (χ4n) is 6.02. The third-order valence-corrected chi connectivity index (χ3v) is 9.42. The molecule has 1 saturated heterocycles. The highest BCUT2D eigenvalue weighted by Gasteiger charge is 2.36. The normalized spacial score (nSPS) is 21.4. The number of hydrogen-bond donors (Lipinski definition) is 2. The van der Waals surface area contributed by atoms with E-state index >= 15 is 0 Å². The van der Waals surface area contributed by atoms with E-state index in [0.717, 1.165) is 25.0 Å². The van der Waals surface area contributed by atoms with Crippen LogP contribution in [0, 0.1) is 5.92 Å². The minimum atomic E-state index is -4.02. The van der Waals surface area contributed by atoms with Gasteiger partial charge >= 0.3 is 0 Å². The van der Waals surface area contributed by atoms with Crippen LogP contribution in [0.1, 0.15) is 41.2 Å². The van der Waals surface area contributed by atoms with Gasteiger partial charge in [0.25, 0.3) is 21.5 Å². The Kier molecular flexibility index (Phi) is 5.99. The van der Waals surface area contributed by atoms with Crippen molar-refractivity contribution in [3.8, 4) is 11.5 Å². The van der Waals surface area contributed by atoms with Crippen LogP contribution in [0.4, 0.5) is 11.4 Å². The van der Waals surface area contributed by atoms with Crippen molar-refractivity contribution in [1.82, 2.24) is 9.88 Å². The molecule has 2 atom stereocenters. The molecule has 4 heterocycles. The third-order valence-electron chi connectivity index (χ3n) is 8.06. The molecule has 2 aromatic carbocycles. The van der Waals surface area contributed by atoms with Crippen LogP contribution in [0.5, 0.6) is 11.5 Å². The Morgan fingerprint density at radius 3 is 2.58 bits per heavy atom. The zero-order chi connectivity index (χ0) is 27.4. The number of pyridine rings is 1. The summed E-state index contributed by atoms with van der Waals surface area (Å²) in [6.45, 7) is 2.68. The predicted molar refractivity (Wildman–Crippen MR) is 149 cm³/mol.